The number of rotatable bonds is 4. The Labute approximate surface area is 92.6 Å². The molecule has 0 spiro atoms. The van der Waals surface area contributed by atoms with Crippen LogP contribution in [0.5, 0.6) is 0 Å². The van der Waals surface area contributed by atoms with E-state index in [0.29, 0.717) is 17.9 Å². The Morgan fingerprint density at radius 2 is 2.12 bits per heavy atom. The largest absolute Gasteiger partial charge is 0.467 e. The number of hydrogen-bond donors (Lipinski definition) is 1. The van der Waals surface area contributed by atoms with Crippen molar-refractivity contribution in [1.29, 1.82) is 0 Å². The average Bonchev–Trinajstić information content (AvgIpc) is 2.74. The molecule has 0 fully saturated rings. The Bertz CT molecular complexity index is 454. The van der Waals surface area contributed by atoms with E-state index in [4.69, 9.17) is 14.9 Å². The molecule has 0 aliphatic carbocycles. The topological polar surface area (TPSA) is 48.4 Å². The number of ether oxygens (including phenoxy) is 1. The lowest BCUT2D eigenvalue weighted by atomic mass is 10.2. The molecule has 1 aromatic heterocycles. The van der Waals surface area contributed by atoms with E-state index in [9.17, 15) is 4.39 Å². The van der Waals surface area contributed by atoms with E-state index < -0.39 is 0 Å². The van der Waals surface area contributed by atoms with Crippen LogP contribution in [-0.4, -0.2) is 0 Å². The van der Waals surface area contributed by atoms with Crippen molar-refractivity contribution in [2.24, 2.45) is 0 Å². The summed E-state index contributed by atoms with van der Waals surface area (Å²) >= 11 is 0. The van der Waals surface area contributed by atoms with Gasteiger partial charge in [-0.2, -0.15) is 0 Å². The first-order valence-electron chi connectivity index (χ1n) is 4.90. The number of hydrogen-bond acceptors (Lipinski definition) is 3. The van der Waals surface area contributed by atoms with Gasteiger partial charge in [0.25, 0.3) is 0 Å². The lowest BCUT2D eigenvalue weighted by Gasteiger charge is -2.04. The average molecular weight is 221 g/mol. The van der Waals surface area contributed by atoms with Crippen LogP contribution in [0.4, 0.5) is 10.1 Å². The van der Waals surface area contributed by atoms with E-state index in [1.54, 1.807) is 30.5 Å². The maximum Gasteiger partial charge on any atom is 0.130 e. The number of nitrogen functional groups attached to an aromatic ring is 1. The fraction of sp³-hybridized carbons (Fsp3) is 0.167. The maximum atomic E-state index is 13.3. The van der Waals surface area contributed by atoms with Gasteiger partial charge in [-0.05, 0) is 24.3 Å². The summed E-state index contributed by atoms with van der Waals surface area (Å²) in [6.07, 6.45) is 1.57. The van der Waals surface area contributed by atoms with Crippen LogP contribution in [-0.2, 0) is 18.0 Å². The second kappa shape index (κ2) is 4.81. The van der Waals surface area contributed by atoms with E-state index in [1.807, 2.05) is 0 Å². The van der Waals surface area contributed by atoms with Gasteiger partial charge in [-0.3, -0.25) is 0 Å². The third-order valence-electron chi connectivity index (χ3n) is 2.16. The molecule has 0 unspecified atom stereocenters. The first-order valence-corrected chi connectivity index (χ1v) is 4.90. The lowest BCUT2D eigenvalue weighted by Crippen LogP contribution is -1.97. The van der Waals surface area contributed by atoms with Crippen LogP contribution in [0, 0.1) is 5.82 Å². The summed E-state index contributed by atoms with van der Waals surface area (Å²) in [7, 11) is 0. The molecule has 2 N–H and O–H groups in total. The molecule has 1 heterocycles. The smallest absolute Gasteiger partial charge is 0.130 e. The van der Waals surface area contributed by atoms with Crippen molar-refractivity contribution >= 4 is 5.69 Å². The van der Waals surface area contributed by atoms with Crippen molar-refractivity contribution in [2.75, 3.05) is 5.73 Å². The Balaban J connectivity index is 1.90. The molecule has 3 nitrogen and oxygen atoms in total. The summed E-state index contributed by atoms with van der Waals surface area (Å²) in [5.74, 6) is 0.371. The van der Waals surface area contributed by atoms with Crippen LogP contribution in [0.1, 0.15) is 11.3 Å². The SMILES string of the molecule is Nc1ccc(COCc2ccco2)c(F)c1. The predicted octanol–water partition coefficient (Wildman–Crippen LogP) is 2.72. The third-order valence-corrected chi connectivity index (χ3v) is 2.16. The fourth-order valence-electron chi connectivity index (χ4n) is 1.34. The van der Waals surface area contributed by atoms with E-state index in [1.165, 1.54) is 6.07 Å². The molecule has 1 aromatic carbocycles. The molecule has 0 saturated carbocycles. The third kappa shape index (κ3) is 2.61. The van der Waals surface area contributed by atoms with Crippen LogP contribution in [0.25, 0.3) is 0 Å². The lowest BCUT2D eigenvalue weighted by molar-refractivity contribution is 0.0909. The van der Waals surface area contributed by atoms with Crippen molar-refractivity contribution in [2.45, 2.75) is 13.2 Å². The summed E-state index contributed by atoms with van der Waals surface area (Å²) in [5, 5.41) is 0. The molecule has 4 heteroatoms. The van der Waals surface area contributed by atoms with Gasteiger partial charge in [0.15, 0.2) is 0 Å². The number of benzene rings is 1. The van der Waals surface area contributed by atoms with Crippen LogP contribution in [0.15, 0.2) is 41.0 Å². The molecule has 0 aliphatic heterocycles. The number of nitrogens with two attached hydrogens (primary N) is 1. The molecule has 0 amide bonds. The van der Waals surface area contributed by atoms with Crippen LogP contribution >= 0.6 is 0 Å². The van der Waals surface area contributed by atoms with Crippen molar-refractivity contribution < 1.29 is 13.5 Å². The second-order valence-corrected chi connectivity index (χ2v) is 3.42. The molecule has 2 aromatic rings. The highest BCUT2D eigenvalue weighted by molar-refractivity contribution is 5.40. The molecule has 0 radical (unpaired) electrons. The summed E-state index contributed by atoms with van der Waals surface area (Å²) in [4.78, 5) is 0. The van der Waals surface area contributed by atoms with Gasteiger partial charge in [-0.15, -0.1) is 0 Å². The first kappa shape index (κ1) is 10.7. The van der Waals surface area contributed by atoms with Gasteiger partial charge in [-0.1, -0.05) is 6.07 Å². The molecular formula is C12H12FNO2. The standard InChI is InChI=1S/C12H12FNO2/c13-12-6-10(14)4-3-9(12)7-15-8-11-2-1-5-16-11/h1-6H,7-8,14H2. The molecule has 16 heavy (non-hydrogen) atoms. The predicted molar refractivity (Wildman–Crippen MR) is 58.0 cm³/mol. The Hall–Kier alpha value is -1.81. The summed E-state index contributed by atoms with van der Waals surface area (Å²) in [6, 6.07) is 8.13. The molecule has 84 valence electrons. The van der Waals surface area contributed by atoms with Gasteiger partial charge in [0.05, 0.1) is 12.9 Å². The van der Waals surface area contributed by atoms with Crippen molar-refractivity contribution in [3.63, 3.8) is 0 Å². The van der Waals surface area contributed by atoms with Crippen molar-refractivity contribution in [3.05, 3.63) is 53.7 Å². The number of halogens is 1. The van der Waals surface area contributed by atoms with Gasteiger partial charge in [0.2, 0.25) is 0 Å². The second-order valence-electron chi connectivity index (χ2n) is 3.42. The van der Waals surface area contributed by atoms with Crippen molar-refractivity contribution in [3.8, 4) is 0 Å². The Kier molecular flexibility index (Phi) is 3.22. The highest BCUT2D eigenvalue weighted by atomic mass is 19.1. The van der Waals surface area contributed by atoms with Gasteiger partial charge in [-0.25, -0.2) is 4.39 Å². The first-order chi connectivity index (χ1) is 7.75. The molecule has 0 atom stereocenters. The molecule has 0 aliphatic rings. The normalized spacial score (nSPS) is 10.6. The zero-order chi connectivity index (χ0) is 11.4. The van der Waals surface area contributed by atoms with Crippen LogP contribution in [0.3, 0.4) is 0 Å². The van der Waals surface area contributed by atoms with Crippen molar-refractivity contribution in [1.82, 2.24) is 0 Å². The van der Waals surface area contributed by atoms with Crippen LogP contribution < -0.4 is 5.73 Å². The highest BCUT2D eigenvalue weighted by Crippen LogP contribution is 2.13. The molecule has 0 saturated heterocycles. The quantitative estimate of drug-likeness (QED) is 0.807. The minimum Gasteiger partial charge on any atom is -0.467 e. The van der Waals surface area contributed by atoms with Gasteiger partial charge in [0.1, 0.15) is 18.2 Å². The monoisotopic (exact) mass is 221 g/mol. The fourth-order valence-corrected chi connectivity index (χ4v) is 1.34. The minimum absolute atomic E-state index is 0.201. The van der Waals surface area contributed by atoms with Gasteiger partial charge in [0, 0.05) is 11.3 Å². The molecule has 2 rings (SSSR count). The highest BCUT2D eigenvalue weighted by Gasteiger charge is 2.03. The van der Waals surface area contributed by atoms with E-state index in [2.05, 4.69) is 0 Å². The zero-order valence-corrected chi connectivity index (χ0v) is 8.65. The summed E-state index contributed by atoms with van der Waals surface area (Å²) in [6.45, 7) is 0.531. The summed E-state index contributed by atoms with van der Waals surface area (Å²) < 4.78 is 23.7. The summed E-state index contributed by atoms with van der Waals surface area (Å²) in [5.41, 5.74) is 6.33. The molecule has 0 bridgehead atoms. The Morgan fingerprint density at radius 3 is 2.81 bits per heavy atom. The van der Waals surface area contributed by atoms with Gasteiger partial charge >= 0.3 is 0 Å². The van der Waals surface area contributed by atoms with E-state index in [-0.39, 0.29) is 12.4 Å². The number of anilines is 1. The maximum absolute atomic E-state index is 13.3. The molecular weight excluding hydrogens is 209 g/mol. The Morgan fingerprint density at radius 1 is 1.25 bits per heavy atom. The van der Waals surface area contributed by atoms with Crippen LogP contribution in [0.2, 0.25) is 0 Å². The number of furan rings is 1. The zero-order valence-electron chi connectivity index (χ0n) is 8.65. The van der Waals surface area contributed by atoms with E-state index in [0.717, 1.165) is 5.76 Å². The van der Waals surface area contributed by atoms with E-state index >= 15 is 0 Å². The van der Waals surface area contributed by atoms with Gasteiger partial charge < -0.3 is 14.9 Å². The minimum atomic E-state index is -0.348.